The van der Waals surface area contributed by atoms with Crippen LogP contribution >= 0.6 is 0 Å². The lowest BCUT2D eigenvalue weighted by Gasteiger charge is -2.29. The molecule has 1 fully saturated rings. The number of alkyl halides is 3. The molecular weight excluding hydrogens is 391 g/mol. The minimum absolute atomic E-state index is 0.246. The van der Waals surface area contributed by atoms with Crippen LogP contribution in [0.2, 0.25) is 0 Å². The number of hydrogen-bond acceptors (Lipinski definition) is 6. The molecule has 29 heavy (non-hydrogen) atoms. The van der Waals surface area contributed by atoms with Crippen LogP contribution in [0.1, 0.15) is 19.4 Å². The van der Waals surface area contributed by atoms with E-state index in [9.17, 15) is 22.8 Å². The third kappa shape index (κ3) is 5.07. The number of nitrogens with one attached hydrogen (secondary N) is 1. The lowest BCUT2D eigenvalue weighted by molar-refractivity contribution is -0.222. The molecule has 0 aliphatic carbocycles. The fraction of sp³-hybridized carbons (Fsp3) is 0.200. The van der Waals surface area contributed by atoms with Gasteiger partial charge in [0.15, 0.2) is 5.57 Å². The number of rotatable bonds is 4. The van der Waals surface area contributed by atoms with Gasteiger partial charge in [0.25, 0.3) is 5.79 Å². The highest BCUT2D eigenvalue weighted by atomic mass is 19.4. The fourth-order valence-corrected chi connectivity index (χ4v) is 2.40. The topological polar surface area (TPSA) is 73.9 Å². The fourth-order valence-electron chi connectivity index (χ4n) is 2.40. The highest BCUT2D eigenvalue weighted by Gasteiger charge is 2.38. The summed E-state index contributed by atoms with van der Waals surface area (Å²) in [6, 6.07) is 10.6. The van der Waals surface area contributed by atoms with Gasteiger partial charge < -0.3 is 19.5 Å². The molecule has 0 radical (unpaired) electrons. The van der Waals surface area contributed by atoms with Crippen LogP contribution in [0.25, 0.3) is 0 Å². The van der Waals surface area contributed by atoms with Crippen molar-refractivity contribution >= 4 is 17.6 Å². The first-order chi connectivity index (χ1) is 13.5. The van der Waals surface area contributed by atoms with Crippen LogP contribution in [-0.2, 0) is 25.2 Å². The Balaban J connectivity index is 1.63. The molecule has 2 aromatic rings. The Labute approximate surface area is 163 Å². The van der Waals surface area contributed by atoms with E-state index in [0.29, 0.717) is 11.4 Å². The van der Waals surface area contributed by atoms with Gasteiger partial charge in [0.2, 0.25) is 0 Å². The maximum absolute atomic E-state index is 12.6. The van der Waals surface area contributed by atoms with E-state index in [2.05, 4.69) is 5.32 Å². The minimum atomic E-state index is -4.41. The highest BCUT2D eigenvalue weighted by molar-refractivity contribution is 6.15. The second-order valence-corrected chi connectivity index (χ2v) is 6.53. The summed E-state index contributed by atoms with van der Waals surface area (Å²) < 4.78 is 53.2. The number of esters is 2. The smallest absolute Gasteiger partial charge is 0.416 e. The summed E-state index contributed by atoms with van der Waals surface area (Å²) in [6.45, 7) is 2.89. The quantitative estimate of drug-likeness (QED) is 0.453. The van der Waals surface area contributed by atoms with Gasteiger partial charge in [-0.05, 0) is 48.5 Å². The van der Waals surface area contributed by atoms with Gasteiger partial charge in [0.1, 0.15) is 11.5 Å². The molecule has 0 spiro atoms. The molecule has 1 aliphatic rings. The number of carbonyl (C=O) groups excluding carboxylic acids is 2. The SMILES string of the molecule is CC1(C)OC(=O)C(=CNc2ccc(Oc3ccc(C(F)(F)F)cc3)cc2)C(=O)O1. The average Bonchev–Trinajstić information content (AvgIpc) is 2.61. The van der Waals surface area contributed by atoms with Crippen LogP contribution in [0, 0.1) is 0 Å². The molecule has 1 heterocycles. The Morgan fingerprint density at radius 3 is 1.86 bits per heavy atom. The summed E-state index contributed by atoms with van der Waals surface area (Å²) in [5, 5.41) is 2.77. The maximum Gasteiger partial charge on any atom is 0.416 e. The second-order valence-electron chi connectivity index (χ2n) is 6.53. The molecule has 152 valence electrons. The lowest BCUT2D eigenvalue weighted by Crippen LogP contribution is -2.42. The number of anilines is 1. The molecule has 0 atom stereocenters. The van der Waals surface area contributed by atoms with Crippen molar-refractivity contribution in [3.05, 3.63) is 65.9 Å². The number of halogens is 3. The maximum atomic E-state index is 12.6. The monoisotopic (exact) mass is 407 g/mol. The van der Waals surface area contributed by atoms with E-state index in [1.807, 2.05) is 0 Å². The van der Waals surface area contributed by atoms with Crippen LogP contribution in [0.4, 0.5) is 18.9 Å². The predicted molar refractivity (Wildman–Crippen MR) is 95.9 cm³/mol. The van der Waals surface area contributed by atoms with E-state index in [1.165, 1.54) is 32.2 Å². The summed E-state index contributed by atoms with van der Waals surface area (Å²) in [4.78, 5) is 23.7. The predicted octanol–water partition coefficient (Wildman–Crippen LogP) is 4.63. The van der Waals surface area contributed by atoms with E-state index in [0.717, 1.165) is 12.1 Å². The van der Waals surface area contributed by atoms with Gasteiger partial charge in [-0.25, -0.2) is 9.59 Å². The van der Waals surface area contributed by atoms with Crippen molar-refractivity contribution in [3.8, 4) is 11.5 Å². The van der Waals surface area contributed by atoms with Crippen molar-refractivity contribution in [2.75, 3.05) is 5.32 Å². The Morgan fingerprint density at radius 1 is 0.897 bits per heavy atom. The number of carbonyl (C=O) groups is 2. The molecule has 1 aliphatic heterocycles. The normalized spacial score (nSPS) is 16.0. The van der Waals surface area contributed by atoms with E-state index in [-0.39, 0.29) is 11.3 Å². The summed E-state index contributed by atoms with van der Waals surface area (Å²) in [5.74, 6) is -2.29. The molecule has 0 unspecified atom stereocenters. The lowest BCUT2D eigenvalue weighted by atomic mass is 10.2. The molecule has 1 N–H and O–H groups in total. The van der Waals surface area contributed by atoms with E-state index in [1.54, 1.807) is 24.3 Å². The van der Waals surface area contributed by atoms with Crippen molar-refractivity contribution < 1.29 is 37.0 Å². The van der Waals surface area contributed by atoms with Gasteiger partial charge in [-0.15, -0.1) is 0 Å². The van der Waals surface area contributed by atoms with E-state index in [4.69, 9.17) is 14.2 Å². The Bertz CT molecular complexity index is 926. The summed E-state index contributed by atoms with van der Waals surface area (Å²) in [7, 11) is 0. The van der Waals surface area contributed by atoms with E-state index >= 15 is 0 Å². The van der Waals surface area contributed by atoms with Crippen LogP contribution < -0.4 is 10.1 Å². The van der Waals surface area contributed by atoms with Gasteiger partial charge in [0, 0.05) is 25.7 Å². The van der Waals surface area contributed by atoms with Crippen LogP contribution in [0.5, 0.6) is 11.5 Å². The third-order valence-electron chi connectivity index (χ3n) is 3.77. The summed E-state index contributed by atoms with van der Waals surface area (Å²) >= 11 is 0. The largest absolute Gasteiger partial charge is 0.457 e. The first-order valence-corrected chi connectivity index (χ1v) is 8.42. The molecule has 2 aromatic carbocycles. The Hall–Kier alpha value is -3.49. The van der Waals surface area contributed by atoms with Crippen molar-refractivity contribution in [1.29, 1.82) is 0 Å². The molecular formula is C20H16F3NO5. The van der Waals surface area contributed by atoms with Crippen LogP contribution in [0.15, 0.2) is 60.3 Å². The highest BCUT2D eigenvalue weighted by Crippen LogP contribution is 2.31. The average molecular weight is 407 g/mol. The number of cyclic esters (lactones) is 2. The van der Waals surface area contributed by atoms with Crippen molar-refractivity contribution in [2.24, 2.45) is 0 Å². The summed E-state index contributed by atoms with van der Waals surface area (Å²) in [5.41, 5.74) is -0.516. The summed E-state index contributed by atoms with van der Waals surface area (Å²) in [6.07, 6.45) is -3.24. The molecule has 3 rings (SSSR count). The van der Waals surface area contributed by atoms with Gasteiger partial charge in [-0.1, -0.05) is 0 Å². The number of benzene rings is 2. The molecule has 9 heteroatoms. The molecule has 0 aromatic heterocycles. The van der Waals surface area contributed by atoms with Crippen LogP contribution in [0.3, 0.4) is 0 Å². The van der Waals surface area contributed by atoms with Gasteiger partial charge >= 0.3 is 18.1 Å². The van der Waals surface area contributed by atoms with Gasteiger partial charge in [-0.3, -0.25) is 0 Å². The third-order valence-corrected chi connectivity index (χ3v) is 3.77. The molecule has 0 amide bonds. The Morgan fingerprint density at radius 2 is 1.38 bits per heavy atom. The molecule has 6 nitrogen and oxygen atoms in total. The van der Waals surface area contributed by atoms with Crippen molar-refractivity contribution in [3.63, 3.8) is 0 Å². The molecule has 0 bridgehead atoms. The number of ether oxygens (including phenoxy) is 3. The molecule has 1 saturated heterocycles. The zero-order valence-corrected chi connectivity index (χ0v) is 15.4. The Kier molecular flexibility index (Phi) is 5.23. The standard InChI is InChI=1S/C20H16F3NO5/c1-19(2)28-17(25)16(18(26)29-19)11-24-13-5-9-15(10-6-13)27-14-7-3-12(4-8-14)20(21,22)23/h3-11,24H,1-2H3. The first kappa shape index (κ1) is 20.2. The van der Waals surface area contributed by atoms with Gasteiger partial charge in [0.05, 0.1) is 5.56 Å². The number of hydrogen-bond donors (Lipinski definition) is 1. The zero-order valence-electron chi connectivity index (χ0n) is 15.4. The first-order valence-electron chi connectivity index (χ1n) is 8.42. The van der Waals surface area contributed by atoms with Crippen molar-refractivity contribution in [1.82, 2.24) is 0 Å². The van der Waals surface area contributed by atoms with E-state index < -0.39 is 29.5 Å². The van der Waals surface area contributed by atoms with Crippen LogP contribution in [-0.4, -0.2) is 17.7 Å². The van der Waals surface area contributed by atoms with Crippen molar-refractivity contribution in [2.45, 2.75) is 25.8 Å². The second kappa shape index (κ2) is 7.50. The minimum Gasteiger partial charge on any atom is -0.457 e. The molecule has 0 saturated carbocycles. The van der Waals surface area contributed by atoms with Gasteiger partial charge in [-0.2, -0.15) is 13.2 Å². The zero-order chi connectivity index (χ0) is 21.2.